The van der Waals surface area contributed by atoms with Crippen molar-refractivity contribution in [3.8, 4) is 5.75 Å². The van der Waals surface area contributed by atoms with Gasteiger partial charge in [-0.25, -0.2) is 0 Å². The molecule has 2 atom stereocenters. The van der Waals surface area contributed by atoms with Crippen molar-refractivity contribution in [1.82, 2.24) is 15.1 Å². The molecule has 2 saturated heterocycles. The summed E-state index contributed by atoms with van der Waals surface area (Å²) >= 11 is 0. The number of piperidine rings is 1. The molecule has 2 aromatic rings. The van der Waals surface area contributed by atoms with Gasteiger partial charge in [0.1, 0.15) is 34.1 Å². The molecule has 3 aliphatic heterocycles. The first-order chi connectivity index (χ1) is 17.2. The smallest absolute Gasteiger partial charge is 0.255 e. The summed E-state index contributed by atoms with van der Waals surface area (Å²) in [5.74, 6) is -0.987. The third-order valence-electron chi connectivity index (χ3n) is 6.93. The summed E-state index contributed by atoms with van der Waals surface area (Å²) in [6.07, 6.45) is 0.534. The van der Waals surface area contributed by atoms with E-state index in [1.54, 1.807) is 12.1 Å². The Morgan fingerprint density at radius 1 is 1.08 bits per heavy atom. The molecule has 11 heteroatoms. The van der Waals surface area contributed by atoms with Crippen LogP contribution in [-0.4, -0.2) is 81.6 Å². The van der Waals surface area contributed by atoms with E-state index in [9.17, 15) is 14.4 Å². The van der Waals surface area contributed by atoms with Gasteiger partial charge in [-0.2, -0.15) is 0 Å². The fraction of sp³-hybridized carbons (Fsp3) is 0.400. The van der Waals surface area contributed by atoms with Crippen LogP contribution >= 0.6 is 0 Å². The number of morpholine rings is 1. The molecule has 6 radical (unpaired) electrons. The highest BCUT2D eigenvalue weighted by molar-refractivity contribution is 6.43. The van der Waals surface area contributed by atoms with Crippen LogP contribution in [0.3, 0.4) is 0 Å². The Hall–Kier alpha value is -3.04. The molecule has 178 valence electrons. The third kappa shape index (κ3) is 4.82. The van der Waals surface area contributed by atoms with Crippen LogP contribution in [0.25, 0.3) is 0 Å². The minimum atomic E-state index is -1.38. The second kappa shape index (κ2) is 9.79. The summed E-state index contributed by atoms with van der Waals surface area (Å²) < 4.78 is 11.4. The number of carbonyl (C=O) groups is 3. The normalized spacial score (nSPS) is 23.9. The van der Waals surface area contributed by atoms with Crippen molar-refractivity contribution in [3.05, 3.63) is 64.7 Å². The molecular formula is C25H24B3N3O5. The maximum atomic E-state index is 13.0. The molecular weight excluding hydrogens is 455 g/mol. The van der Waals surface area contributed by atoms with E-state index in [1.165, 1.54) is 4.90 Å². The van der Waals surface area contributed by atoms with Gasteiger partial charge in [0.2, 0.25) is 11.8 Å². The zero-order valence-corrected chi connectivity index (χ0v) is 19.8. The number of rotatable bonds is 6. The zero-order chi connectivity index (χ0) is 25.4. The number of benzene rings is 2. The van der Waals surface area contributed by atoms with Gasteiger partial charge in [0.05, 0.1) is 21.0 Å². The summed E-state index contributed by atoms with van der Waals surface area (Å²) in [5, 5.41) is 0.942. The van der Waals surface area contributed by atoms with Crippen LogP contribution in [0.15, 0.2) is 42.5 Å². The Bertz CT molecular complexity index is 1190. The van der Waals surface area contributed by atoms with Crippen LogP contribution in [-0.2, 0) is 34.0 Å². The van der Waals surface area contributed by atoms with Gasteiger partial charge in [-0.15, -0.1) is 0 Å². The molecule has 5 rings (SSSR count). The molecule has 3 heterocycles. The number of carbonyl (C=O) groups excluding carboxylic acids is 3. The lowest BCUT2D eigenvalue weighted by molar-refractivity contribution is -0.136. The summed E-state index contributed by atoms with van der Waals surface area (Å²) in [5.41, 5.74) is 3.28. The Balaban J connectivity index is 1.22. The number of imide groups is 1. The molecule has 0 aliphatic carbocycles. The van der Waals surface area contributed by atoms with E-state index in [4.69, 9.17) is 33.0 Å². The minimum Gasteiger partial charge on any atom is -0.489 e. The van der Waals surface area contributed by atoms with Crippen LogP contribution in [0, 0.1) is 0 Å². The Labute approximate surface area is 213 Å². The molecule has 2 fully saturated rings. The fourth-order valence-corrected chi connectivity index (χ4v) is 4.86. The van der Waals surface area contributed by atoms with Gasteiger partial charge in [0.15, 0.2) is 0 Å². The lowest BCUT2D eigenvalue weighted by Crippen LogP contribution is -2.60. The quantitative estimate of drug-likeness (QED) is 0.476. The molecule has 2 unspecified atom stereocenters. The molecule has 0 saturated carbocycles. The molecule has 0 aromatic heterocycles. The molecule has 8 nitrogen and oxygen atoms in total. The average Bonchev–Trinajstić information content (AvgIpc) is 3.18. The number of ether oxygens (including phenoxy) is 2. The first-order valence-corrected chi connectivity index (χ1v) is 11.9. The highest BCUT2D eigenvalue weighted by Crippen LogP contribution is 2.34. The van der Waals surface area contributed by atoms with Crippen molar-refractivity contribution in [2.24, 2.45) is 0 Å². The van der Waals surface area contributed by atoms with Gasteiger partial charge < -0.3 is 19.3 Å². The zero-order valence-electron chi connectivity index (χ0n) is 19.8. The van der Waals surface area contributed by atoms with Gasteiger partial charge in [-0.1, -0.05) is 30.3 Å². The van der Waals surface area contributed by atoms with Crippen LogP contribution in [0.4, 0.5) is 0 Å². The van der Waals surface area contributed by atoms with Crippen molar-refractivity contribution in [2.45, 2.75) is 49.9 Å². The van der Waals surface area contributed by atoms with E-state index >= 15 is 0 Å². The van der Waals surface area contributed by atoms with Crippen LogP contribution in [0.5, 0.6) is 5.75 Å². The monoisotopic (exact) mass is 479 g/mol. The van der Waals surface area contributed by atoms with E-state index in [0.717, 1.165) is 16.7 Å². The Kier molecular flexibility index (Phi) is 6.70. The molecule has 0 bridgehead atoms. The van der Waals surface area contributed by atoms with Crippen molar-refractivity contribution >= 4 is 41.3 Å². The predicted octanol–water partition coefficient (Wildman–Crippen LogP) is 0.344. The van der Waals surface area contributed by atoms with Crippen molar-refractivity contribution in [1.29, 1.82) is 0 Å². The maximum absolute atomic E-state index is 13.0. The Morgan fingerprint density at radius 3 is 2.58 bits per heavy atom. The molecule has 3 amide bonds. The van der Waals surface area contributed by atoms with Crippen molar-refractivity contribution < 1.29 is 23.9 Å². The lowest BCUT2D eigenvalue weighted by Gasteiger charge is -2.46. The van der Waals surface area contributed by atoms with E-state index < -0.39 is 23.3 Å². The van der Waals surface area contributed by atoms with Crippen molar-refractivity contribution in [3.63, 3.8) is 0 Å². The second-order valence-electron chi connectivity index (χ2n) is 9.40. The SMILES string of the molecule is [B]C1N(Cc2ccc(COc3cccc4c3CN(C3CCC(=O)NC3=O)C4=O)cc2)CCOC1([B])[B]. The molecule has 2 aromatic carbocycles. The summed E-state index contributed by atoms with van der Waals surface area (Å²) in [7, 11) is 18.0. The van der Waals surface area contributed by atoms with Gasteiger partial charge in [-0.05, 0) is 41.0 Å². The molecule has 36 heavy (non-hydrogen) atoms. The number of nitrogens with one attached hydrogen (secondary N) is 1. The van der Waals surface area contributed by atoms with Crippen LogP contribution < -0.4 is 10.1 Å². The third-order valence-corrected chi connectivity index (χ3v) is 6.93. The topological polar surface area (TPSA) is 88.2 Å². The van der Waals surface area contributed by atoms with Gasteiger partial charge in [-0.3, -0.25) is 19.7 Å². The first-order valence-electron chi connectivity index (χ1n) is 11.9. The number of amides is 3. The number of nitrogens with zero attached hydrogens (tertiary/aromatic N) is 2. The summed E-state index contributed by atoms with van der Waals surface area (Å²) in [6.45, 7) is 2.22. The second-order valence-corrected chi connectivity index (χ2v) is 9.40. The standard InChI is InChI=1S/C25H24B3N3O5/c26-24-25(27,28)36-11-10-30(24)12-15-4-6-16(7-5-15)14-35-20-3-1-2-17-18(20)13-31(23(17)34)19-8-9-21(32)29-22(19)33/h1-7,19,24H,8-14H2,(H,29,32,33). The Morgan fingerprint density at radius 2 is 1.83 bits per heavy atom. The van der Waals surface area contributed by atoms with E-state index in [0.29, 0.717) is 44.0 Å². The highest BCUT2D eigenvalue weighted by Gasteiger charge is 2.40. The average molecular weight is 479 g/mol. The largest absolute Gasteiger partial charge is 0.489 e. The van der Waals surface area contributed by atoms with Gasteiger partial charge in [0.25, 0.3) is 5.91 Å². The molecule has 1 N–H and O–H groups in total. The van der Waals surface area contributed by atoms with Crippen LogP contribution in [0.2, 0.25) is 0 Å². The first kappa shape index (κ1) is 24.7. The van der Waals surface area contributed by atoms with Crippen molar-refractivity contribution in [2.75, 3.05) is 13.2 Å². The van der Waals surface area contributed by atoms with Gasteiger partial charge in [0, 0.05) is 30.6 Å². The van der Waals surface area contributed by atoms with Crippen LogP contribution in [0.1, 0.15) is 39.9 Å². The fourth-order valence-electron chi connectivity index (χ4n) is 4.86. The van der Waals surface area contributed by atoms with E-state index in [-0.39, 0.29) is 24.8 Å². The molecule has 0 spiro atoms. The lowest BCUT2D eigenvalue weighted by atomic mass is 9.54. The van der Waals surface area contributed by atoms with E-state index in [2.05, 4.69) is 5.32 Å². The van der Waals surface area contributed by atoms with Gasteiger partial charge >= 0.3 is 0 Å². The maximum Gasteiger partial charge on any atom is 0.255 e. The number of hydrogen-bond acceptors (Lipinski definition) is 6. The van der Waals surface area contributed by atoms with E-state index in [1.807, 2.05) is 35.2 Å². The predicted molar refractivity (Wildman–Crippen MR) is 133 cm³/mol. The minimum absolute atomic E-state index is 0.215. The number of hydrogen-bond donors (Lipinski definition) is 1. The summed E-state index contributed by atoms with van der Waals surface area (Å²) in [6, 6.07) is 12.6. The molecule has 3 aliphatic rings. The summed E-state index contributed by atoms with van der Waals surface area (Å²) in [4.78, 5) is 40.3. The highest BCUT2D eigenvalue weighted by atomic mass is 16.5. The number of fused-ring (bicyclic) bond motifs is 1.